The molecule has 3 aromatic rings. The van der Waals surface area contributed by atoms with Crippen LogP contribution in [0.4, 0.5) is 8.78 Å². The van der Waals surface area contributed by atoms with Gasteiger partial charge in [0.15, 0.2) is 0 Å². The predicted molar refractivity (Wildman–Crippen MR) is 97.3 cm³/mol. The van der Waals surface area contributed by atoms with Crippen LogP contribution in [0, 0.1) is 11.6 Å². The van der Waals surface area contributed by atoms with Gasteiger partial charge in [-0.25, -0.2) is 8.78 Å². The highest BCUT2D eigenvalue weighted by molar-refractivity contribution is 5.95. The molecule has 0 saturated carbocycles. The summed E-state index contributed by atoms with van der Waals surface area (Å²) < 4.78 is 29.2. The minimum Gasteiger partial charge on any atom is -0.345 e. The first-order valence-electron chi connectivity index (χ1n) is 8.86. The minimum absolute atomic E-state index is 0.281. The minimum atomic E-state index is -0.626. The van der Waals surface area contributed by atoms with Crippen LogP contribution in [-0.2, 0) is 19.9 Å². The topological polar surface area (TPSA) is 46.9 Å². The number of rotatable bonds is 4. The number of hydrogen-bond donors (Lipinski definition) is 1. The summed E-state index contributed by atoms with van der Waals surface area (Å²) in [6.45, 7) is 0. The lowest BCUT2D eigenvalue weighted by Crippen LogP contribution is -2.28. The Morgan fingerprint density at radius 1 is 1.26 bits per heavy atom. The zero-order valence-electron chi connectivity index (χ0n) is 14.9. The van der Waals surface area contributed by atoms with Gasteiger partial charge in [-0.2, -0.15) is 5.10 Å². The van der Waals surface area contributed by atoms with E-state index in [2.05, 4.69) is 10.4 Å². The Bertz CT molecular complexity index is 998. The molecule has 1 N–H and O–H groups in total. The lowest BCUT2D eigenvalue weighted by atomic mass is 10.0. The van der Waals surface area contributed by atoms with Crippen LogP contribution in [0.3, 0.4) is 0 Å². The summed E-state index contributed by atoms with van der Waals surface area (Å²) in [5.41, 5.74) is 3.35. The Hall–Kier alpha value is -3.02. The number of amides is 1. The van der Waals surface area contributed by atoms with Crippen molar-refractivity contribution in [1.82, 2.24) is 15.1 Å². The molecule has 0 bridgehead atoms. The maximum Gasteiger partial charge on any atom is 0.255 e. The van der Waals surface area contributed by atoms with Crippen molar-refractivity contribution in [2.24, 2.45) is 7.05 Å². The number of carbonyl (C=O) groups excluding carboxylic acids is 1. The normalized spacial score (nSPS) is 15.6. The van der Waals surface area contributed by atoms with E-state index in [1.165, 1.54) is 12.3 Å². The lowest BCUT2D eigenvalue weighted by molar-refractivity contribution is 0.0935. The molecule has 0 radical (unpaired) electrons. The van der Waals surface area contributed by atoms with Gasteiger partial charge in [-0.15, -0.1) is 0 Å². The highest BCUT2D eigenvalue weighted by Gasteiger charge is 2.28. The van der Waals surface area contributed by atoms with Gasteiger partial charge >= 0.3 is 0 Å². The van der Waals surface area contributed by atoms with Gasteiger partial charge in [-0.1, -0.05) is 30.3 Å². The quantitative estimate of drug-likeness (QED) is 0.764. The molecule has 1 amide bonds. The summed E-state index contributed by atoms with van der Waals surface area (Å²) in [6.07, 6.45) is 3.15. The van der Waals surface area contributed by atoms with E-state index in [9.17, 15) is 13.6 Å². The van der Waals surface area contributed by atoms with Crippen LogP contribution in [-0.4, -0.2) is 15.7 Å². The maximum atomic E-state index is 13.9. The van der Waals surface area contributed by atoms with Crippen molar-refractivity contribution in [2.75, 3.05) is 0 Å². The molecule has 1 aliphatic carbocycles. The molecule has 6 heteroatoms. The molecule has 1 aromatic heterocycles. The predicted octanol–water partition coefficient (Wildman–Crippen LogP) is 3.71. The molecule has 2 aromatic carbocycles. The van der Waals surface area contributed by atoms with E-state index in [0.717, 1.165) is 17.3 Å². The second kappa shape index (κ2) is 6.95. The molecule has 1 atom stereocenters. The summed E-state index contributed by atoms with van der Waals surface area (Å²) in [5, 5.41) is 7.14. The van der Waals surface area contributed by atoms with E-state index in [1.807, 2.05) is 30.3 Å². The SMILES string of the molecule is Cn1ncc(C(=O)NC2CCc3c(F)cc(F)cc32)c1Cc1ccccc1. The third-order valence-corrected chi connectivity index (χ3v) is 5.08. The van der Waals surface area contributed by atoms with Crippen LogP contribution >= 0.6 is 0 Å². The van der Waals surface area contributed by atoms with Gasteiger partial charge in [0.2, 0.25) is 0 Å². The Morgan fingerprint density at radius 3 is 2.81 bits per heavy atom. The standard InChI is InChI=1S/C21H19F2N3O/c1-26-20(9-13-5-3-2-4-6-13)17(12-24-26)21(27)25-19-8-7-15-16(19)10-14(22)11-18(15)23/h2-6,10-12,19H,7-9H2,1H3,(H,25,27). The van der Waals surface area contributed by atoms with Crippen molar-refractivity contribution >= 4 is 5.91 Å². The van der Waals surface area contributed by atoms with Gasteiger partial charge in [0, 0.05) is 19.5 Å². The fourth-order valence-corrected chi connectivity index (χ4v) is 3.68. The maximum absolute atomic E-state index is 13.9. The van der Waals surface area contributed by atoms with E-state index in [-0.39, 0.29) is 5.91 Å². The molecular weight excluding hydrogens is 348 g/mol. The Labute approximate surface area is 155 Å². The molecule has 27 heavy (non-hydrogen) atoms. The first-order valence-corrected chi connectivity index (χ1v) is 8.86. The number of carbonyl (C=O) groups is 1. The first-order chi connectivity index (χ1) is 13.0. The lowest BCUT2D eigenvalue weighted by Gasteiger charge is -2.15. The van der Waals surface area contributed by atoms with Crippen molar-refractivity contribution in [2.45, 2.75) is 25.3 Å². The van der Waals surface area contributed by atoms with Gasteiger partial charge in [0.1, 0.15) is 11.6 Å². The molecule has 0 fully saturated rings. The Morgan fingerprint density at radius 2 is 2.04 bits per heavy atom. The average molecular weight is 367 g/mol. The van der Waals surface area contributed by atoms with Crippen molar-refractivity contribution in [3.8, 4) is 0 Å². The van der Waals surface area contributed by atoms with Gasteiger partial charge in [-0.3, -0.25) is 9.48 Å². The number of aryl methyl sites for hydroxylation is 1. The third kappa shape index (κ3) is 3.35. The van der Waals surface area contributed by atoms with Crippen LogP contribution in [0.1, 0.15) is 45.2 Å². The van der Waals surface area contributed by atoms with Crippen molar-refractivity contribution in [3.63, 3.8) is 0 Å². The molecule has 4 nitrogen and oxygen atoms in total. The second-order valence-electron chi connectivity index (χ2n) is 6.81. The summed E-state index contributed by atoms with van der Waals surface area (Å²) in [5.74, 6) is -1.46. The summed E-state index contributed by atoms with van der Waals surface area (Å²) in [4.78, 5) is 12.9. The summed E-state index contributed by atoms with van der Waals surface area (Å²) in [6, 6.07) is 11.6. The van der Waals surface area contributed by atoms with Crippen LogP contribution in [0.25, 0.3) is 0 Å². The molecule has 1 unspecified atom stereocenters. The van der Waals surface area contributed by atoms with Crippen LogP contribution in [0.15, 0.2) is 48.7 Å². The molecule has 0 saturated heterocycles. The zero-order chi connectivity index (χ0) is 19.0. The van der Waals surface area contributed by atoms with E-state index in [4.69, 9.17) is 0 Å². The largest absolute Gasteiger partial charge is 0.345 e. The molecule has 4 rings (SSSR count). The summed E-state index contributed by atoms with van der Waals surface area (Å²) in [7, 11) is 1.80. The molecule has 0 spiro atoms. The van der Waals surface area contributed by atoms with E-state index >= 15 is 0 Å². The van der Waals surface area contributed by atoms with Gasteiger partial charge in [0.05, 0.1) is 23.5 Å². The number of aromatic nitrogens is 2. The van der Waals surface area contributed by atoms with Crippen molar-refractivity contribution in [1.29, 1.82) is 0 Å². The van der Waals surface area contributed by atoms with E-state index in [0.29, 0.717) is 36.0 Å². The molecular formula is C21H19F2N3O. The smallest absolute Gasteiger partial charge is 0.255 e. The zero-order valence-corrected chi connectivity index (χ0v) is 14.9. The Balaban J connectivity index is 1.57. The highest BCUT2D eigenvalue weighted by Crippen LogP contribution is 2.34. The number of benzene rings is 2. The van der Waals surface area contributed by atoms with E-state index < -0.39 is 17.7 Å². The van der Waals surface area contributed by atoms with Crippen molar-refractivity contribution in [3.05, 3.63) is 88.2 Å². The van der Waals surface area contributed by atoms with Crippen LogP contribution in [0.2, 0.25) is 0 Å². The monoisotopic (exact) mass is 367 g/mol. The Kier molecular flexibility index (Phi) is 4.48. The van der Waals surface area contributed by atoms with Gasteiger partial charge < -0.3 is 5.32 Å². The number of halogens is 2. The molecule has 138 valence electrons. The highest BCUT2D eigenvalue weighted by atomic mass is 19.1. The fourth-order valence-electron chi connectivity index (χ4n) is 3.68. The third-order valence-electron chi connectivity index (χ3n) is 5.08. The molecule has 0 aliphatic heterocycles. The first kappa shape index (κ1) is 17.4. The van der Waals surface area contributed by atoms with E-state index in [1.54, 1.807) is 11.7 Å². The van der Waals surface area contributed by atoms with Crippen LogP contribution < -0.4 is 5.32 Å². The number of hydrogen-bond acceptors (Lipinski definition) is 2. The van der Waals surface area contributed by atoms with Gasteiger partial charge in [0.25, 0.3) is 5.91 Å². The summed E-state index contributed by atoms with van der Waals surface area (Å²) >= 11 is 0. The van der Waals surface area contributed by atoms with Crippen molar-refractivity contribution < 1.29 is 13.6 Å². The van der Waals surface area contributed by atoms with Gasteiger partial charge in [-0.05, 0) is 35.6 Å². The number of fused-ring (bicyclic) bond motifs is 1. The number of nitrogens with one attached hydrogen (secondary N) is 1. The number of nitrogens with zero attached hydrogens (tertiary/aromatic N) is 2. The van der Waals surface area contributed by atoms with Crippen LogP contribution in [0.5, 0.6) is 0 Å². The second-order valence-corrected chi connectivity index (χ2v) is 6.81. The molecule has 1 aliphatic rings. The molecule has 1 heterocycles. The average Bonchev–Trinajstić information content (AvgIpc) is 3.20. The fraction of sp³-hybridized carbons (Fsp3) is 0.238.